The first-order chi connectivity index (χ1) is 18.1. The number of thiophene rings is 2. The van der Waals surface area contributed by atoms with Gasteiger partial charge in [0, 0.05) is 36.2 Å². The Kier molecular flexibility index (Phi) is 23.7. The Morgan fingerprint density at radius 3 is 1.81 bits per heavy atom. The van der Waals surface area contributed by atoms with Gasteiger partial charge in [-0.1, -0.05) is 33.8 Å². The first-order valence-corrected chi connectivity index (χ1v) is 22.9. The molecule has 240 valence electrons. The molecule has 2 heterocycles. The number of nitrogens with zero attached hydrogens (tertiary/aromatic N) is 2. The van der Waals surface area contributed by atoms with Crippen LogP contribution in [0.2, 0.25) is 39.3 Å². The van der Waals surface area contributed by atoms with Crippen molar-refractivity contribution >= 4 is 68.6 Å². The third-order valence-electron chi connectivity index (χ3n) is 5.99. The molecule has 0 aliphatic heterocycles. The molecule has 42 heavy (non-hydrogen) atoms. The Morgan fingerprint density at radius 2 is 1.48 bits per heavy atom. The van der Waals surface area contributed by atoms with Crippen LogP contribution in [0.3, 0.4) is 0 Å². The Morgan fingerprint density at radius 1 is 0.952 bits per heavy atom. The van der Waals surface area contributed by atoms with Gasteiger partial charge in [-0.25, -0.2) is 6.07 Å². The summed E-state index contributed by atoms with van der Waals surface area (Å²) >= 11 is 3.44. The van der Waals surface area contributed by atoms with Crippen molar-refractivity contribution in [3.8, 4) is 0 Å². The Hall–Kier alpha value is 0.430. The van der Waals surface area contributed by atoms with Gasteiger partial charge < -0.3 is 37.2 Å². The molecule has 11 heteroatoms. The van der Waals surface area contributed by atoms with E-state index in [-0.39, 0.29) is 51.1 Å². The summed E-state index contributed by atoms with van der Waals surface area (Å²) in [4.78, 5) is 3.94. The molecule has 0 aromatic carbocycles. The number of likely N-dealkylation sites (N-methyl/N-ethyl adjacent to an activating group) is 1. The van der Waals surface area contributed by atoms with E-state index < -0.39 is 16.6 Å². The number of hydroxylamine groups is 1. The molecule has 0 saturated carbocycles. The van der Waals surface area contributed by atoms with E-state index in [0.717, 1.165) is 6.61 Å². The maximum Gasteiger partial charge on any atom is 2.00 e. The van der Waals surface area contributed by atoms with E-state index in [4.69, 9.17) is 8.85 Å². The molecule has 0 amide bonds. The van der Waals surface area contributed by atoms with Crippen LogP contribution >= 0.6 is 22.7 Å². The summed E-state index contributed by atoms with van der Waals surface area (Å²) in [7, 11) is -0.736. The van der Waals surface area contributed by atoms with Crippen molar-refractivity contribution in [1.29, 1.82) is 0 Å². The number of halogens is 1. The molecular weight excluding hydrogens is 673 g/mol. The quantitative estimate of drug-likeness (QED) is 0.0736. The van der Waals surface area contributed by atoms with E-state index in [9.17, 15) is 5.21 Å². The van der Waals surface area contributed by atoms with Gasteiger partial charge in [0.15, 0.2) is 22.8 Å². The normalized spacial score (nSPS) is 13.4. The zero-order chi connectivity index (χ0) is 31.4. The average molecular weight is 733 g/mol. The van der Waals surface area contributed by atoms with Crippen LogP contribution in [0.5, 0.6) is 0 Å². The van der Waals surface area contributed by atoms with E-state index in [0.29, 0.717) is 24.5 Å². The van der Waals surface area contributed by atoms with Gasteiger partial charge in [-0.05, 0) is 82.3 Å². The number of hydrogen-bond acceptors (Lipinski definition) is 6. The van der Waals surface area contributed by atoms with Crippen LogP contribution in [-0.4, -0.2) is 92.1 Å². The summed E-state index contributed by atoms with van der Waals surface area (Å²) < 4.78 is 13.3. The molecule has 2 aromatic heterocycles. The Bertz CT molecular complexity index is 927. The van der Waals surface area contributed by atoms with Gasteiger partial charge in [-0.3, -0.25) is 10.1 Å². The molecule has 0 aliphatic carbocycles. The second-order valence-corrected chi connectivity index (χ2v) is 25.0. The van der Waals surface area contributed by atoms with Crippen molar-refractivity contribution in [2.75, 3.05) is 20.3 Å². The van der Waals surface area contributed by atoms with Crippen molar-refractivity contribution in [1.82, 2.24) is 4.90 Å². The topological polar surface area (TPSA) is 44.9 Å². The monoisotopic (exact) mass is 731 g/mol. The van der Waals surface area contributed by atoms with Crippen molar-refractivity contribution in [3.05, 3.63) is 45.3 Å². The first kappa shape index (κ1) is 46.8. The molecule has 0 fully saturated rings. The van der Waals surface area contributed by atoms with Gasteiger partial charge >= 0.3 is 23.1 Å². The van der Waals surface area contributed by atoms with Crippen molar-refractivity contribution in [2.24, 2.45) is 11.8 Å². The molecule has 2 rings (SSSR count). The summed E-state index contributed by atoms with van der Waals surface area (Å²) in [5, 5.41) is 16.9. The Labute approximate surface area is 296 Å². The van der Waals surface area contributed by atoms with Crippen molar-refractivity contribution in [3.63, 3.8) is 0 Å². The zero-order valence-electron chi connectivity index (χ0n) is 29.2. The maximum absolute atomic E-state index is 9.86. The molecule has 1 unspecified atom stereocenters. The molecule has 0 radical (unpaired) electrons. The SMILES string of the molecule is CC(C)/C=[N+](/O)C(C)(C)CO[Si](C)(C)C.CC(C)C(c1cccs1)N(C)C(C)(C)CO[Si](C)(C)C.[Br-].[Mg+2].[c-]1cccs1. The fourth-order valence-electron chi connectivity index (χ4n) is 3.44. The van der Waals surface area contributed by atoms with Gasteiger partial charge in [-0.2, -0.15) is 11.4 Å². The average Bonchev–Trinajstić information content (AvgIpc) is 3.53. The molecule has 0 spiro atoms. The van der Waals surface area contributed by atoms with Crippen LogP contribution in [0.15, 0.2) is 35.0 Å². The van der Waals surface area contributed by atoms with Gasteiger partial charge in [0.25, 0.3) is 0 Å². The van der Waals surface area contributed by atoms with Gasteiger partial charge in [0.05, 0.1) is 6.61 Å². The fraction of sp³-hybridized carbons (Fsp3) is 0.710. The second-order valence-electron chi connectivity index (χ2n) is 14.2. The minimum atomic E-state index is -1.50. The minimum Gasteiger partial charge on any atom is -1.00 e. The Balaban J connectivity index is -0.000000609. The molecule has 0 bridgehead atoms. The summed E-state index contributed by atoms with van der Waals surface area (Å²) in [6, 6.07) is 8.71. The summed E-state index contributed by atoms with van der Waals surface area (Å²) in [5.41, 5.74) is -0.316. The first-order valence-electron chi connectivity index (χ1n) is 14.4. The number of hydrogen-bond donors (Lipinski definition) is 1. The standard InChI is InChI=1S/C16H31NOSSi.C11H26NO2Si.C4H3S.BrH.Mg/c1-13(2)15(14-10-9-11-19-14)17(5)16(3,4)12-18-20(6,7)8;1-10(2)8-12(13)11(3,4)9-14-15(5,6)7;1-2-4-5-3-1;;/h9-11,13,15H,12H2,1-8H3;8,10,13H,9H2,1-7H3;1-3H;1H;/q;+1;-1;;+2/p-1/b;12-8+;;;. The van der Waals surface area contributed by atoms with E-state index in [2.05, 4.69) is 102 Å². The van der Waals surface area contributed by atoms with E-state index in [1.165, 1.54) is 9.62 Å². The molecule has 5 nitrogen and oxygen atoms in total. The van der Waals surface area contributed by atoms with Gasteiger partial charge in [0.1, 0.15) is 6.61 Å². The second kappa shape index (κ2) is 21.3. The van der Waals surface area contributed by atoms with Gasteiger partial charge in [0.2, 0.25) is 5.54 Å². The van der Waals surface area contributed by atoms with Crippen molar-refractivity contribution in [2.45, 2.75) is 112 Å². The molecule has 2 aromatic rings. The van der Waals surface area contributed by atoms with Crippen LogP contribution < -0.4 is 17.0 Å². The smallest absolute Gasteiger partial charge is 1.00 e. The molecule has 0 saturated heterocycles. The van der Waals surface area contributed by atoms with Crippen LogP contribution in [0.4, 0.5) is 0 Å². The number of rotatable bonds is 12. The largest absolute Gasteiger partial charge is 2.00 e. The zero-order valence-corrected chi connectivity index (χ0v) is 35.9. The van der Waals surface area contributed by atoms with Crippen LogP contribution in [-0.2, 0) is 8.85 Å². The summed E-state index contributed by atoms with van der Waals surface area (Å²) in [6.07, 6.45) is 1.81. The predicted molar refractivity (Wildman–Crippen MR) is 188 cm³/mol. The predicted octanol–water partition coefficient (Wildman–Crippen LogP) is 5.92. The molecule has 1 atom stereocenters. The van der Waals surface area contributed by atoms with Crippen molar-refractivity contribution < 1.29 is 35.8 Å². The van der Waals surface area contributed by atoms with Crippen LogP contribution in [0, 0.1) is 17.2 Å². The fourth-order valence-corrected chi connectivity index (χ4v) is 6.44. The maximum atomic E-state index is 9.86. The molecule has 1 N–H and O–H groups in total. The van der Waals surface area contributed by atoms with E-state index in [1.807, 2.05) is 62.8 Å². The minimum absolute atomic E-state index is 0. The van der Waals surface area contributed by atoms with Crippen LogP contribution in [0.25, 0.3) is 0 Å². The summed E-state index contributed by atoms with van der Waals surface area (Å²) in [5.74, 6) is 0.922. The summed E-state index contributed by atoms with van der Waals surface area (Å²) in [6.45, 7) is 31.8. The third-order valence-corrected chi connectivity index (χ3v) is 9.52. The van der Waals surface area contributed by atoms with Crippen LogP contribution in [0.1, 0.15) is 66.3 Å². The third kappa shape index (κ3) is 21.2. The van der Waals surface area contributed by atoms with E-state index in [1.54, 1.807) is 11.3 Å². The van der Waals surface area contributed by atoms with E-state index >= 15 is 0 Å². The molecule has 0 aliphatic rings. The van der Waals surface area contributed by atoms with Gasteiger partial charge in [-0.15, -0.1) is 16.7 Å². The molecular formula is C31H60BrMgN2O3S2Si2+.